The van der Waals surface area contributed by atoms with E-state index in [2.05, 4.69) is 22.5 Å². The zero-order valence-corrected chi connectivity index (χ0v) is 10.6. The first kappa shape index (κ1) is 12.8. The third kappa shape index (κ3) is 3.18. The van der Waals surface area contributed by atoms with Crippen molar-refractivity contribution < 1.29 is 5.11 Å². The van der Waals surface area contributed by atoms with E-state index in [1.54, 1.807) is 0 Å². The van der Waals surface area contributed by atoms with E-state index >= 15 is 0 Å². The normalized spacial score (nSPS) is 12.6. The number of nitrogens with zero attached hydrogens (tertiary/aromatic N) is 2. The minimum Gasteiger partial charge on any atom is -0.396 e. The van der Waals surface area contributed by atoms with Crippen LogP contribution in [0.25, 0.3) is 11.1 Å². The molecule has 1 aromatic carbocycles. The molecule has 1 heterocycles. The molecule has 0 fully saturated rings. The van der Waals surface area contributed by atoms with Gasteiger partial charge in [0, 0.05) is 24.4 Å². The first-order chi connectivity index (χ1) is 8.83. The third-order valence-electron chi connectivity index (χ3n) is 3.03. The van der Waals surface area contributed by atoms with Gasteiger partial charge < -0.3 is 10.4 Å². The minimum atomic E-state index is 0.193. The molecule has 2 rings (SSSR count). The summed E-state index contributed by atoms with van der Waals surface area (Å²) >= 11 is 0. The molecule has 0 aliphatic rings. The van der Waals surface area contributed by atoms with Gasteiger partial charge in [-0.25, -0.2) is 0 Å². The van der Waals surface area contributed by atoms with E-state index in [4.69, 9.17) is 5.11 Å². The van der Waals surface area contributed by atoms with E-state index in [0.29, 0.717) is 0 Å². The summed E-state index contributed by atoms with van der Waals surface area (Å²) < 4.78 is 1.92. The molecule has 1 unspecified atom stereocenters. The van der Waals surface area contributed by atoms with Crippen LogP contribution in [0.3, 0.4) is 0 Å². The van der Waals surface area contributed by atoms with Gasteiger partial charge in [-0.2, -0.15) is 5.10 Å². The van der Waals surface area contributed by atoms with Gasteiger partial charge in [-0.3, -0.25) is 4.68 Å². The number of rotatable bonds is 6. The van der Waals surface area contributed by atoms with Crippen molar-refractivity contribution in [1.82, 2.24) is 15.1 Å². The number of aromatic nitrogens is 2. The van der Waals surface area contributed by atoms with Gasteiger partial charge in [0.15, 0.2) is 0 Å². The van der Waals surface area contributed by atoms with Gasteiger partial charge in [0.1, 0.15) is 0 Å². The zero-order chi connectivity index (χ0) is 12.8. The summed E-state index contributed by atoms with van der Waals surface area (Å²) in [6.45, 7) is 0.961. The first-order valence-electron chi connectivity index (χ1n) is 6.19. The fourth-order valence-electron chi connectivity index (χ4n) is 1.95. The SMILES string of the molecule is CNC(CCO)Cn1cc(-c2ccccc2)cn1. The average molecular weight is 245 g/mol. The molecule has 4 heteroatoms. The molecule has 96 valence electrons. The van der Waals surface area contributed by atoms with Gasteiger partial charge in [-0.1, -0.05) is 30.3 Å². The van der Waals surface area contributed by atoms with E-state index in [9.17, 15) is 0 Å². The number of hydrogen-bond donors (Lipinski definition) is 2. The molecule has 0 aliphatic carbocycles. The quantitative estimate of drug-likeness (QED) is 0.811. The smallest absolute Gasteiger partial charge is 0.0568 e. The number of aliphatic hydroxyl groups excluding tert-OH is 1. The van der Waals surface area contributed by atoms with Crippen molar-refractivity contribution in [2.24, 2.45) is 0 Å². The van der Waals surface area contributed by atoms with Crippen LogP contribution in [0, 0.1) is 0 Å². The van der Waals surface area contributed by atoms with Crippen molar-refractivity contribution >= 4 is 0 Å². The molecule has 0 bridgehead atoms. The van der Waals surface area contributed by atoms with E-state index in [1.165, 1.54) is 5.56 Å². The molecular formula is C14H19N3O. The zero-order valence-electron chi connectivity index (χ0n) is 10.6. The Morgan fingerprint density at radius 3 is 2.72 bits per heavy atom. The van der Waals surface area contributed by atoms with Gasteiger partial charge in [-0.15, -0.1) is 0 Å². The molecular weight excluding hydrogens is 226 g/mol. The number of nitrogens with one attached hydrogen (secondary N) is 1. The molecule has 0 spiro atoms. The maximum Gasteiger partial charge on any atom is 0.0568 e. The van der Waals surface area contributed by atoms with Crippen LogP contribution < -0.4 is 5.32 Å². The van der Waals surface area contributed by atoms with Crippen LogP contribution in [0.4, 0.5) is 0 Å². The lowest BCUT2D eigenvalue weighted by Gasteiger charge is -2.14. The molecule has 0 saturated heterocycles. The Bertz CT molecular complexity index is 467. The van der Waals surface area contributed by atoms with Crippen molar-refractivity contribution in [3.63, 3.8) is 0 Å². The number of hydrogen-bond acceptors (Lipinski definition) is 3. The lowest BCUT2D eigenvalue weighted by Crippen LogP contribution is -2.31. The number of benzene rings is 1. The van der Waals surface area contributed by atoms with Crippen LogP contribution in [-0.2, 0) is 6.54 Å². The van der Waals surface area contributed by atoms with Gasteiger partial charge >= 0.3 is 0 Å². The van der Waals surface area contributed by atoms with Crippen LogP contribution in [0.1, 0.15) is 6.42 Å². The summed E-state index contributed by atoms with van der Waals surface area (Å²) in [4.78, 5) is 0. The van der Waals surface area contributed by atoms with Crippen LogP contribution in [0.15, 0.2) is 42.7 Å². The van der Waals surface area contributed by atoms with E-state index in [-0.39, 0.29) is 12.6 Å². The van der Waals surface area contributed by atoms with Crippen molar-refractivity contribution in [3.8, 4) is 11.1 Å². The molecule has 0 amide bonds. The van der Waals surface area contributed by atoms with Crippen LogP contribution >= 0.6 is 0 Å². The number of likely N-dealkylation sites (N-methyl/N-ethyl adjacent to an activating group) is 1. The van der Waals surface area contributed by atoms with Crippen LogP contribution in [0.5, 0.6) is 0 Å². The maximum atomic E-state index is 8.96. The Kier molecular flexibility index (Phi) is 4.50. The fraction of sp³-hybridized carbons (Fsp3) is 0.357. The van der Waals surface area contributed by atoms with Crippen LogP contribution in [0.2, 0.25) is 0 Å². The number of aliphatic hydroxyl groups is 1. The van der Waals surface area contributed by atoms with Gasteiger partial charge in [0.25, 0.3) is 0 Å². The van der Waals surface area contributed by atoms with Crippen molar-refractivity contribution in [2.75, 3.05) is 13.7 Å². The molecule has 1 atom stereocenters. The highest BCUT2D eigenvalue weighted by atomic mass is 16.3. The summed E-state index contributed by atoms with van der Waals surface area (Å²) in [5.41, 5.74) is 2.29. The molecule has 2 N–H and O–H groups in total. The standard InChI is InChI=1S/C14H19N3O/c1-15-14(7-8-18)11-17-10-13(9-16-17)12-5-3-2-4-6-12/h2-6,9-10,14-15,18H,7-8,11H2,1H3. The molecule has 18 heavy (non-hydrogen) atoms. The predicted octanol–water partition coefficient (Wildman–Crippen LogP) is 1.52. The summed E-state index contributed by atoms with van der Waals surface area (Å²) in [6.07, 6.45) is 4.65. The molecule has 0 radical (unpaired) electrons. The first-order valence-corrected chi connectivity index (χ1v) is 6.19. The highest BCUT2D eigenvalue weighted by molar-refractivity contribution is 5.61. The highest BCUT2D eigenvalue weighted by Crippen LogP contribution is 2.17. The van der Waals surface area contributed by atoms with Gasteiger partial charge in [-0.05, 0) is 19.0 Å². The second-order valence-electron chi connectivity index (χ2n) is 4.31. The largest absolute Gasteiger partial charge is 0.396 e. The highest BCUT2D eigenvalue weighted by Gasteiger charge is 2.08. The summed E-state index contributed by atoms with van der Waals surface area (Å²) in [5.74, 6) is 0. The molecule has 0 saturated carbocycles. The van der Waals surface area contributed by atoms with Crippen molar-refractivity contribution in [2.45, 2.75) is 19.0 Å². The van der Waals surface area contributed by atoms with Crippen molar-refractivity contribution in [1.29, 1.82) is 0 Å². The molecule has 0 aliphatic heterocycles. The minimum absolute atomic E-state index is 0.193. The maximum absolute atomic E-state index is 8.96. The lowest BCUT2D eigenvalue weighted by molar-refractivity contribution is 0.258. The van der Waals surface area contributed by atoms with Gasteiger partial charge in [0.05, 0.1) is 12.7 Å². The average Bonchev–Trinajstić information content (AvgIpc) is 2.88. The second kappa shape index (κ2) is 6.33. The third-order valence-corrected chi connectivity index (χ3v) is 3.03. The molecule has 1 aromatic heterocycles. The Balaban J connectivity index is 2.06. The van der Waals surface area contributed by atoms with Crippen LogP contribution in [-0.4, -0.2) is 34.6 Å². The van der Waals surface area contributed by atoms with Crippen molar-refractivity contribution in [3.05, 3.63) is 42.7 Å². The second-order valence-corrected chi connectivity index (χ2v) is 4.31. The van der Waals surface area contributed by atoms with E-state index in [1.807, 2.05) is 42.3 Å². The summed E-state index contributed by atoms with van der Waals surface area (Å²) in [5, 5.41) is 16.5. The Hall–Kier alpha value is -1.65. The topological polar surface area (TPSA) is 50.1 Å². The Labute approximate surface area is 107 Å². The Morgan fingerprint density at radius 2 is 2.06 bits per heavy atom. The lowest BCUT2D eigenvalue weighted by atomic mass is 10.1. The Morgan fingerprint density at radius 1 is 1.28 bits per heavy atom. The predicted molar refractivity (Wildman–Crippen MR) is 72.2 cm³/mol. The molecule has 4 nitrogen and oxygen atoms in total. The summed E-state index contributed by atoms with van der Waals surface area (Å²) in [6, 6.07) is 10.4. The monoisotopic (exact) mass is 245 g/mol. The fourth-order valence-corrected chi connectivity index (χ4v) is 1.95. The van der Waals surface area contributed by atoms with Gasteiger partial charge in [0.2, 0.25) is 0 Å². The van der Waals surface area contributed by atoms with E-state index in [0.717, 1.165) is 18.5 Å². The summed E-state index contributed by atoms with van der Waals surface area (Å²) in [7, 11) is 1.90. The molecule has 2 aromatic rings. The van der Waals surface area contributed by atoms with E-state index < -0.39 is 0 Å².